The molecule has 0 N–H and O–H groups in total. The van der Waals surface area contributed by atoms with Gasteiger partial charge in [0.25, 0.3) is 0 Å². The van der Waals surface area contributed by atoms with Gasteiger partial charge in [0.2, 0.25) is 0 Å². The zero-order chi connectivity index (χ0) is 11.5. The molecule has 16 heavy (non-hydrogen) atoms. The van der Waals surface area contributed by atoms with Gasteiger partial charge in [0.15, 0.2) is 0 Å². The third kappa shape index (κ3) is 3.03. The molecule has 0 saturated carbocycles. The Morgan fingerprint density at radius 2 is 1.94 bits per heavy atom. The van der Waals surface area contributed by atoms with Gasteiger partial charge >= 0.3 is 0 Å². The number of ether oxygens (including phenoxy) is 1. The molecule has 0 spiro atoms. The molecule has 1 saturated heterocycles. The second-order valence-corrected chi connectivity index (χ2v) is 5.04. The van der Waals surface area contributed by atoms with E-state index < -0.39 is 0 Å². The topological polar surface area (TPSA) is 12.5 Å². The minimum Gasteiger partial charge on any atom is -0.489 e. The van der Waals surface area contributed by atoms with Crippen molar-refractivity contribution in [1.82, 2.24) is 4.90 Å². The third-order valence-corrected chi connectivity index (χ3v) is 3.40. The third-order valence-electron chi connectivity index (χ3n) is 2.85. The molecule has 0 atom stereocenters. The van der Waals surface area contributed by atoms with Gasteiger partial charge in [-0.15, -0.1) is 0 Å². The Labute approximate surface area is 106 Å². The van der Waals surface area contributed by atoms with Crippen LogP contribution in [0.3, 0.4) is 0 Å². The lowest BCUT2D eigenvalue weighted by Crippen LogP contribution is -2.35. The molecule has 1 aromatic carbocycles. The van der Waals surface area contributed by atoms with Crippen LogP contribution in [0.1, 0.15) is 12.8 Å². The summed E-state index contributed by atoms with van der Waals surface area (Å²) in [7, 11) is 2.13. The highest BCUT2D eigenvalue weighted by molar-refractivity contribution is 6.34. The van der Waals surface area contributed by atoms with Crippen molar-refractivity contribution in [3.8, 4) is 5.75 Å². The maximum absolute atomic E-state index is 6.05. The summed E-state index contributed by atoms with van der Waals surface area (Å²) in [6, 6.07) is 5.32. The van der Waals surface area contributed by atoms with Crippen molar-refractivity contribution < 1.29 is 4.74 Å². The molecule has 0 unspecified atom stereocenters. The van der Waals surface area contributed by atoms with Crippen LogP contribution in [-0.4, -0.2) is 31.1 Å². The highest BCUT2D eigenvalue weighted by Gasteiger charge is 2.18. The molecule has 0 amide bonds. The fourth-order valence-electron chi connectivity index (χ4n) is 1.85. The number of nitrogens with zero attached hydrogens (tertiary/aromatic N) is 1. The van der Waals surface area contributed by atoms with E-state index in [4.69, 9.17) is 27.9 Å². The summed E-state index contributed by atoms with van der Waals surface area (Å²) >= 11 is 12.0. The molecule has 1 fully saturated rings. The number of rotatable bonds is 2. The lowest BCUT2D eigenvalue weighted by Gasteiger charge is -2.29. The van der Waals surface area contributed by atoms with Crippen LogP contribution in [0.25, 0.3) is 0 Å². The average Bonchev–Trinajstić information content (AvgIpc) is 2.27. The number of benzene rings is 1. The number of halogens is 2. The maximum Gasteiger partial charge on any atom is 0.139 e. The standard InChI is InChI=1S/C12H15Cl2NO/c1-15-6-4-10(5-7-15)16-12-8-9(13)2-3-11(12)14/h2-3,8,10H,4-7H2,1H3. The Bertz CT molecular complexity index is 362. The average molecular weight is 260 g/mol. The van der Waals surface area contributed by atoms with Crippen LogP contribution >= 0.6 is 23.2 Å². The Kier molecular flexibility index (Phi) is 3.95. The van der Waals surface area contributed by atoms with Gasteiger partial charge in [-0.1, -0.05) is 23.2 Å². The van der Waals surface area contributed by atoms with Gasteiger partial charge in [0.05, 0.1) is 5.02 Å². The number of hydrogen-bond acceptors (Lipinski definition) is 2. The van der Waals surface area contributed by atoms with Crippen LogP contribution < -0.4 is 4.74 Å². The van der Waals surface area contributed by atoms with E-state index in [1.165, 1.54) is 0 Å². The van der Waals surface area contributed by atoms with E-state index >= 15 is 0 Å². The van der Waals surface area contributed by atoms with Crippen molar-refractivity contribution >= 4 is 23.2 Å². The second-order valence-electron chi connectivity index (χ2n) is 4.20. The van der Waals surface area contributed by atoms with E-state index in [2.05, 4.69) is 11.9 Å². The van der Waals surface area contributed by atoms with Crippen molar-refractivity contribution in [2.75, 3.05) is 20.1 Å². The summed E-state index contributed by atoms with van der Waals surface area (Å²) < 4.78 is 5.87. The fraction of sp³-hybridized carbons (Fsp3) is 0.500. The van der Waals surface area contributed by atoms with Gasteiger partial charge in [-0.2, -0.15) is 0 Å². The molecular formula is C12H15Cl2NO. The van der Waals surface area contributed by atoms with Crippen LogP contribution in [0.5, 0.6) is 5.75 Å². The first kappa shape index (κ1) is 12.0. The van der Waals surface area contributed by atoms with E-state index in [0.29, 0.717) is 15.8 Å². The lowest BCUT2D eigenvalue weighted by molar-refractivity contribution is 0.114. The monoisotopic (exact) mass is 259 g/mol. The van der Waals surface area contributed by atoms with Gasteiger partial charge in [0, 0.05) is 24.2 Å². The first-order chi connectivity index (χ1) is 7.65. The van der Waals surface area contributed by atoms with Gasteiger partial charge < -0.3 is 9.64 Å². The predicted molar refractivity (Wildman–Crippen MR) is 67.6 cm³/mol. The minimum atomic E-state index is 0.257. The second kappa shape index (κ2) is 5.26. The Hall–Kier alpha value is -0.440. The molecule has 0 aromatic heterocycles. The van der Waals surface area contributed by atoms with Crippen LogP contribution in [0.4, 0.5) is 0 Å². The Morgan fingerprint density at radius 3 is 2.62 bits per heavy atom. The molecule has 2 nitrogen and oxygen atoms in total. The first-order valence-electron chi connectivity index (χ1n) is 5.45. The molecule has 1 aliphatic rings. The molecule has 1 heterocycles. The summed E-state index contributed by atoms with van der Waals surface area (Å²) in [6.45, 7) is 2.14. The van der Waals surface area contributed by atoms with E-state index in [1.807, 2.05) is 0 Å². The van der Waals surface area contributed by atoms with Crippen LogP contribution in [0.2, 0.25) is 10.0 Å². The summed E-state index contributed by atoms with van der Waals surface area (Å²) in [5.74, 6) is 0.698. The maximum atomic E-state index is 6.05. The molecule has 88 valence electrons. The zero-order valence-electron chi connectivity index (χ0n) is 9.25. The summed E-state index contributed by atoms with van der Waals surface area (Å²) in [6.07, 6.45) is 2.34. The number of hydrogen-bond donors (Lipinski definition) is 0. The summed E-state index contributed by atoms with van der Waals surface area (Å²) in [5.41, 5.74) is 0. The van der Waals surface area contributed by atoms with E-state index in [1.54, 1.807) is 18.2 Å². The summed E-state index contributed by atoms with van der Waals surface area (Å²) in [5, 5.41) is 1.29. The van der Waals surface area contributed by atoms with Crippen LogP contribution in [0, 0.1) is 0 Å². The molecule has 0 aliphatic carbocycles. The first-order valence-corrected chi connectivity index (χ1v) is 6.21. The fourth-order valence-corrected chi connectivity index (χ4v) is 2.17. The van der Waals surface area contributed by atoms with Gasteiger partial charge in [-0.05, 0) is 32.0 Å². The summed E-state index contributed by atoms with van der Waals surface area (Å²) in [4.78, 5) is 2.30. The van der Waals surface area contributed by atoms with Crippen LogP contribution in [0.15, 0.2) is 18.2 Å². The minimum absolute atomic E-state index is 0.257. The lowest BCUT2D eigenvalue weighted by atomic mass is 10.1. The van der Waals surface area contributed by atoms with Crippen molar-refractivity contribution in [2.45, 2.75) is 18.9 Å². The van der Waals surface area contributed by atoms with Crippen molar-refractivity contribution in [3.63, 3.8) is 0 Å². The zero-order valence-corrected chi connectivity index (χ0v) is 10.8. The van der Waals surface area contributed by atoms with E-state index in [-0.39, 0.29) is 6.10 Å². The molecular weight excluding hydrogens is 245 g/mol. The number of likely N-dealkylation sites (tertiary alicyclic amines) is 1. The molecule has 0 bridgehead atoms. The SMILES string of the molecule is CN1CCC(Oc2cc(Cl)ccc2Cl)CC1. The molecule has 4 heteroatoms. The van der Waals surface area contributed by atoms with Crippen molar-refractivity contribution in [3.05, 3.63) is 28.2 Å². The molecule has 1 aliphatic heterocycles. The molecule has 2 rings (SSSR count). The Balaban J connectivity index is 2.00. The smallest absolute Gasteiger partial charge is 0.139 e. The highest BCUT2D eigenvalue weighted by atomic mass is 35.5. The Morgan fingerprint density at radius 1 is 1.25 bits per heavy atom. The quantitative estimate of drug-likeness (QED) is 0.807. The largest absolute Gasteiger partial charge is 0.489 e. The van der Waals surface area contributed by atoms with Gasteiger partial charge in [-0.3, -0.25) is 0 Å². The number of piperidine rings is 1. The van der Waals surface area contributed by atoms with Gasteiger partial charge in [0.1, 0.15) is 11.9 Å². The molecule has 1 aromatic rings. The van der Waals surface area contributed by atoms with Gasteiger partial charge in [-0.25, -0.2) is 0 Å². The van der Waals surface area contributed by atoms with Crippen molar-refractivity contribution in [2.24, 2.45) is 0 Å². The predicted octanol–water partition coefficient (Wildman–Crippen LogP) is 3.47. The molecule has 0 radical (unpaired) electrons. The highest BCUT2D eigenvalue weighted by Crippen LogP contribution is 2.30. The van der Waals surface area contributed by atoms with Crippen molar-refractivity contribution in [1.29, 1.82) is 0 Å². The normalized spacial score (nSPS) is 18.7. The van der Waals surface area contributed by atoms with E-state index in [9.17, 15) is 0 Å². The van der Waals surface area contributed by atoms with Crippen LogP contribution in [-0.2, 0) is 0 Å². The van der Waals surface area contributed by atoms with E-state index in [0.717, 1.165) is 25.9 Å².